The molecule has 3 heterocycles. The summed E-state index contributed by atoms with van der Waals surface area (Å²) >= 11 is 0. The minimum atomic E-state index is -0.413. The van der Waals surface area contributed by atoms with Crippen molar-refractivity contribution in [1.29, 1.82) is 0 Å². The number of benzene rings is 2. The van der Waals surface area contributed by atoms with Gasteiger partial charge in [0.2, 0.25) is 0 Å². The second-order valence-electron chi connectivity index (χ2n) is 9.65. The van der Waals surface area contributed by atoms with E-state index in [9.17, 15) is 9.59 Å². The van der Waals surface area contributed by atoms with Crippen LogP contribution in [0.3, 0.4) is 0 Å². The zero-order valence-electron chi connectivity index (χ0n) is 21.2. The molecular formula is C29H35N3O4. The number of rotatable bonds is 5. The Kier molecular flexibility index (Phi) is 7.12. The molecule has 0 aliphatic carbocycles. The van der Waals surface area contributed by atoms with Gasteiger partial charge in [0.25, 0.3) is 11.8 Å². The zero-order valence-corrected chi connectivity index (χ0v) is 21.2. The molecule has 3 aliphatic heterocycles. The second-order valence-corrected chi connectivity index (χ2v) is 9.65. The predicted molar refractivity (Wildman–Crippen MR) is 139 cm³/mol. The van der Waals surface area contributed by atoms with E-state index in [1.807, 2.05) is 66.1 Å². The van der Waals surface area contributed by atoms with Crippen molar-refractivity contribution in [1.82, 2.24) is 15.1 Å². The van der Waals surface area contributed by atoms with Gasteiger partial charge in [-0.05, 0) is 74.5 Å². The molecule has 190 valence electrons. The summed E-state index contributed by atoms with van der Waals surface area (Å²) in [6.07, 6.45) is 3.97. The van der Waals surface area contributed by atoms with Crippen molar-refractivity contribution in [2.45, 2.75) is 32.3 Å². The molecule has 0 bridgehead atoms. The monoisotopic (exact) mass is 489 g/mol. The molecule has 1 N–H and O–H groups in total. The van der Waals surface area contributed by atoms with Crippen molar-refractivity contribution >= 4 is 17.4 Å². The lowest BCUT2D eigenvalue weighted by atomic mass is 9.83. The van der Waals surface area contributed by atoms with Gasteiger partial charge in [-0.15, -0.1) is 0 Å². The number of amides is 2. The van der Waals surface area contributed by atoms with E-state index in [0.29, 0.717) is 50.5 Å². The first-order valence-electron chi connectivity index (χ1n) is 13.1. The molecule has 0 unspecified atom stereocenters. The number of piperidine rings is 1. The molecule has 7 nitrogen and oxygen atoms in total. The summed E-state index contributed by atoms with van der Waals surface area (Å²) in [5, 5.41) is 3.43. The van der Waals surface area contributed by atoms with E-state index >= 15 is 0 Å². The first-order chi connectivity index (χ1) is 17.5. The fourth-order valence-electron chi connectivity index (χ4n) is 5.32. The lowest BCUT2D eigenvalue weighted by Gasteiger charge is -2.40. The van der Waals surface area contributed by atoms with Crippen LogP contribution in [0.1, 0.15) is 58.5 Å². The molecule has 1 spiro atoms. The van der Waals surface area contributed by atoms with Gasteiger partial charge in [-0.1, -0.05) is 12.1 Å². The van der Waals surface area contributed by atoms with Crippen molar-refractivity contribution in [3.63, 3.8) is 0 Å². The molecule has 2 saturated heterocycles. The number of nitrogens with zero attached hydrogens (tertiary/aromatic N) is 2. The van der Waals surface area contributed by atoms with E-state index < -0.39 is 5.60 Å². The number of nitrogens with one attached hydrogen (secondary N) is 1. The Labute approximate surface area is 213 Å². The van der Waals surface area contributed by atoms with E-state index in [0.717, 1.165) is 48.4 Å². The van der Waals surface area contributed by atoms with Crippen LogP contribution in [0.25, 0.3) is 5.57 Å². The van der Waals surface area contributed by atoms with Gasteiger partial charge in [0.05, 0.1) is 13.2 Å². The third kappa shape index (κ3) is 4.77. The molecule has 3 aliphatic rings. The molecule has 5 rings (SSSR count). The molecule has 2 amide bonds. The Balaban J connectivity index is 1.49. The first kappa shape index (κ1) is 24.5. The van der Waals surface area contributed by atoms with E-state index in [1.165, 1.54) is 0 Å². The largest absolute Gasteiger partial charge is 0.482 e. The molecule has 2 aromatic carbocycles. The van der Waals surface area contributed by atoms with Crippen LogP contribution in [0.2, 0.25) is 0 Å². The quantitative estimate of drug-likeness (QED) is 0.695. The number of ether oxygens (including phenoxy) is 2. The molecule has 2 fully saturated rings. The van der Waals surface area contributed by atoms with Crippen LogP contribution in [-0.2, 0) is 4.74 Å². The topological polar surface area (TPSA) is 71.1 Å². The number of fused-ring (bicyclic) bond motifs is 1. The van der Waals surface area contributed by atoms with Crippen molar-refractivity contribution in [2.75, 3.05) is 52.5 Å². The highest BCUT2D eigenvalue weighted by molar-refractivity contribution is 5.97. The van der Waals surface area contributed by atoms with Gasteiger partial charge in [-0.3, -0.25) is 9.59 Å². The number of carbonyl (C=O) groups excluding carboxylic acids is 2. The fourth-order valence-corrected chi connectivity index (χ4v) is 5.32. The number of morpholine rings is 1. The number of hydrogen-bond acceptors (Lipinski definition) is 5. The fraction of sp³-hybridized carbons (Fsp3) is 0.448. The molecule has 0 aromatic heterocycles. The Hall–Kier alpha value is -3.16. The van der Waals surface area contributed by atoms with Crippen molar-refractivity contribution < 1.29 is 19.1 Å². The molecule has 0 atom stereocenters. The predicted octanol–water partition coefficient (Wildman–Crippen LogP) is 3.59. The summed E-state index contributed by atoms with van der Waals surface area (Å²) in [6.45, 7) is 9.49. The minimum absolute atomic E-state index is 0.0134. The van der Waals surface area contributed by atoms with Gasteiger partial charge in [-0.25, -0.2) is 0 Å². The van der Waals surface area contributed by atoms with Crippen molar-refractivity contribution in [3.8, 4) is 5.75 Å². The summed E-state index contributed by atoms with van der Waals surface area (Å²) in [7, 11) is 0. The summed E-state index contributed by atoms with van der Waals surface area (Å²) < 4.78 is 12.0. The molecular weight excluding hydrogens is 454 g/mol. The lowest BCUT2D eigenvalue weighted by molar-refractivity contribution is 0.0301. The van der Waals surface area contributed by atoms with E-state index in [1.54, 1.807) is 0 Å². The Bertz CT molecular complexity index is 1140. The molecule has 0 radical (unpaired) electrons. The Morgan fingerprint density at radius 1 is 0.972 bits per heavy atom. The Morgan fingerprint density at radius 2 is 1.64 bits per heavy atom. The van der Waals surface area contributed by atoms with E-state index in [-0.39, 0.29) is 11.8 Å². The maximum atomic E-state index is 13.2. The highest BCUT2D eigenvalue weighted by Crippen LogP contribution is 2.43. The van der Waals surface area contributed by atoms with Gasteiger partial charge < -0.3 is 24.6 Å². The third-order valence-electron chi connectivity index (χ3n) is 7.48. The van der Waals surface area contributed by atoms with Gasteiger partial charge in [0, 0.05) is 55.7 Å². The summed E-state index contributed by atoms with van der Waals surface area (Å²) in [5.41, 5.74) is 4.02. The minimum Gasteiger partial charge on any atom is -0.482 e. The van der Waals surface area contributed by atoms with E-state index in [2.05, 4.69) is 11.4 Å². The van der Waals surface area contributed by atoms with Crippen molar-refractivity contribution in [3.05, 3.63) is 70.8 Å². The standard InChI is InChI=1S/C29H35N3O4/c1-3-31(4-2)27(33)22-7-5-21(6-8-22)25-20-29(11-13-30-14-12-29)36-26-19-23(9-10-24(25)26)28(34)32-15-17-35-18-16-32/h5-10,19-20,30H,3-4,11-18H2,1-2H3. The van der Waals surface area contributed by atoms with Crippen LogP contribution in [-0.4, -0.2) is 79.7 Å². The van der Waals surface area contributed by atoms with Crippen LogP contribution in [0.15, 0.2) is 48.5 Å². The van der Waals surface area contributed by atoms with Gasteiger partial charge in [0.1, 0.15) is 11.4 Å². The SMILES string of the molecule is CCN(CC)C(=O)c1ccc(C2=CC3(CCNCC3)Oc3cc(C(=O)N4CCOCC4)ccc32)cc1. The van der Waals surface area contributed by atoms with Crippen LogP contribution in [0.4, 0.5) is 0 Å². The lowest BCUT2D eigenvalue weighted by Crippen LogP contribution is -2.46. The normalized spacial score (nSPS) is 18.7. The van der Waals surface area contributed by atoms with Crippen molar-refractivity contribution in [2.24, 2.45) is 0 Å². The third-order valence-corrected chi connectivity index (χ3v) is 7.48. The van der Waals surface area contributed by atoms with Gasteiger partial charge in [-0.2, -0.15) is 0 Å². The van der Waals surface area contributed by atoms with E-state index in [4.69, 9.17) is 9.47 Å². The maximum Gasteiger partial charge on any atom is 0.254 e. The number of hydrogen-bond donors (Lipinski definition) is 1. The molecule has 2 aromatic rings. The Morgan fingerprint density at radius 3 is 2.31 bits per heavy atom. The second kappa shape index (κ2) is 10.4. The zero-order chi connectivity index (χ0) is 25.1. The summed E-state index contributed by atoms with van der Waals surface area (Å²) in [4.78, 5) is 29.6. The maximum absolute atomic E-state index is 13.2. The van der Waals surface area contributed by atoms with Gasteiger partial charge >= 0.3 is 0 Å². The average molecular weight is 490 g/mol. The molecule has 0 saturated carbocycles. The number of carbonyl (C=O) groups is 2. The highest BCUT2D eigenvalue weighted by atomic mass is 16.5. The van der Waals surface area contributed by atoms with Crippen LogP contribution in [0, 0.1) is 0 Å². The van der Waals surface area contributed by atoms with Crippen LogP contribution < -0.4 is 10.1 Å². The summed E-state index contributed by atoms with van der Waals surface area (Å²) in [6, 6.07) is 13.7. The smallest absolute Gasteiger partial charge is 0.254 e. The highest BCUT2D eigenvalue weighted by Gasteiger charge is 2.37. The first-order valence-corrected chi connectivity index (χ1v) is 13.1. The van der Waals surface area contributed by atoms with Crippen LogP contribution in [0.5, 0.6) is 5.75 Å². The molecule has 7 heteroatoms. The molecule has 36 heavy (non-hydrogen) atoms. The average Bonchev–Trinajstić information content (AvgIpc) is 2.93. The summed E-state index contributed by atoms with van der Waals surface area (Å²) in [5.74, 6) is 0.810. The van der Waals surface area contributed by atoms with Crippen LogP contribution >= 0.6 is 0 Å². The van der Waals surface area contributed by atoms with Gasteiger partial charge in [0.15, 0.2) is 0 Å².